The topological polar surface area (TPSA) is 108 Å². The average molecular weight is 487 g/mol. The van der Waals surface area contributed by atoms with E-state index in [1.165, 1.54) is 0 Å². The van der Waals surface area contributed by atoms with Gasteiger partial charge in [-0.3, -0.25) is 4.79 Å². The van der Waals surface area contributed by atoms with Crippen molar-refractivity contribution in [2.45, 2.75) is 64.4 Å². The molecule has 0 spiro atoms. The van der Waals surface area contributed by atoms with Crippen LogP contribution >= 0.6 is 0 Å². The number of nitrogens with zero attached hydrogens (tertiary/aromatic N) is 1. The van der Waals surface area contributed by atoms with Crippen molar-refractivity contribution >= 4 is 5.91 Å². The van der Waals surface area contributed by atoms with Crippen LogP contribution in [0.5, 0.6) is 0 Å². The summed E-state index contributed by atoms with van der Waals surface area (Å²) in [6.07, 6.45) is -2.85. The van der Waals surface area contributed by atoms with Crippen LogP contribution in [0, 0.1) is 11.2 Å². The van der Waals surface area contributed by atoms with Gasteiger partial charge >= 0.3 is 6.18 Å². The van der Waals surface area contributed by atoms with Crippen molar-refractivity contribution in [3.63, 3.8) is 0 Å². The van der Waals surface area contributed by atoms with Crippen LogP contribution in [0.4, 0.5) is 17.6 Å². The molecule has 11 heteroatoms. The highest BCUT2D eigenvalue weighted by Gasteiger charge is 2.35. The average Bonchev–Trinajstić information content (AvgIpc) is 3.16. The molecule has 0 unspecified atom stereocenters. The molecule has 4 N–H and O–H groups in total. The fourth-order valence-electron chi connectivity index (χ4n) is 3.90. The first-order chi connectivity index (χ1) is 15.9. The number of hydrogen-bond acceptors (Lipinski definition) is 6. The van der Waals surface area contributed by atoms with Gasteiger partial charge in [-0.1, -0.05) is 25.1 Å². The van der Waals surface area contributed by atoms with Crippen LogP contribution in [0.1, 0.15) is 61.1 Å². The number of alkyl halides is 3. The second kappa shape index (κ2) is 10.4. The summed E-state index contributed by atoms with van der Waals surface area (Å²) in [4.78, 5) is 12.9. The Morgan fingerprint density at radius 3 is 2.62 bits per heavy atom. The smallest absolute Gasteiger partial charge is 0.396 e. The van der Waals surface area contributed by atoms with Crippen LogP contribution in [-0.4, -0.2) is 46.6 Å². The number of halogens is 4. The van der Waals surface area contributed by atoms with Gasteiger partial charge in [0.15, 0.2) is 11.5 Å². The molecule has 1 fully saturated rings. The molecule has 0 saturated heterocycles. The van der Waals surface area contributed by atoms with Crippen LogP contribution in [0.15, 0.2) is 22.7 Å². The van der Waals surface area contributed by atoms with E-state index in [4.69, 9.17) is 4.52 Å². The lowest BCUT2D eigenvalue weighted by molar-refractivity contribution is -0.139. The third-order valence-electron chi connectivity index (χ3n) is 5.86. The van der Waals surface area contributed by atoms with E-state index in [0.717, 1.165) is 12.5 Å². The van der Waals surface area contributed by atoms with E-state index in [0.29, 0.717) is 37.9 Å². The molecule has 0 radical (unpaired) electrons. The van der Waals surface area contributed by atoms with Crippen molar-refractivity contribution in [1.82, 2.24) is 15.8 Å². The van der Waals surface area contributed by atoms with E-state index in [-0.39, 0.29) is 41.8 Å². The molecule has 2 aromatic rings. The fraction of sp³-hybridized carbons (Fsp3) is 0.565. The Hall–Kier alpha value is -2.50. The van der Waals surface area contributed by atoms with Crippen LogP contribution in [0.25, 0.3) is 11.3 Å². The minimum absolute atomic E-state index is 0.00311. The van der Waals surface area contributed by atoms with Crippen molar-refractivity contribution < 1.29 is 37.1 Å². The number of carbonyl (C=O) groups excluding carboxylic acids is 1. The van der Waals surface area contributed by atoms with Crippen LogP contribution in [0.3, 0.4) is 0 Å². The van der Waals surface area contributed by atoms with Crippen molar-refractivity contribution in [3.8, 4) is 11.3 Å². The monoisotopic (exact) mass is 487 g/mol. The van der Waals surface area contributed by atoms with Crippen molar-refractivity contribution in [3.05, 3.63) is 40.8 Å². The normalized spacial score (nSPS) is 19.3. The van der Waals surface area contributed by atoms with Gasteiger partial charge in [-0.05, 0) is 37.8 Å². The molecule has 34 heavy (non-hydrogen) atoms. The zero-order valence-electron chi connectivity index (χ0n) is 19.0. The molecule has 2 atom stereocenters. The number of nitrogens with one attached hydrogen (secondary N) is 2. The molecular weight excluding hydrogens is 458 g/mol. The molecule has 0 aliphatic heterocycles. The molecule has 1 saturated carbocycles. The van der Waals surface area contributed by atoms with E-state index in [1.807, 2.05) is 13.8 Å². The van der Waals surface area contributed by atoms with Gasteiger partial charge in [0.25, 0.3) is 5.91 Å². The summed E-state index contributed by atoms with van der Waals surface area (Å²) in [5.74, 6) is -2.06. The first-order valence-electron chi connectivity index (χ1n) is 11.1. The lowest BCUT2D eigenvalue weighted by atomic mass is 9.93. The second-order valence-corrected chi connectivity index (χ2v) is 9.45. The highest BCUT2D eigenvalue weighted by atomic mass is 19.4. The Morgan fingerprint density at radius 2 is 2.00 bits per heavy atom. The molecule has 0 bridgehead atoms. The highest BCUT2D eigenvalue weighted by molar-refractivity contribution is 5.95. The molecule has 3 rings (SSSR count). The van der Waals surface area contributed by atoms with E-state index >= 15 is 0 Å². The van der Waals surface area contributed by atoms with E-state index in [1.54, 1.807) is 0 Å². The summed E-state index contributed by atoms with van der Waals surface area (Å²) < 4.78 is 58.4. The largest absolute Gasteiger partial charge is 0.419 e. The van der Waals surface area contributed by atoms with E-state index < -0.39 is 35.0 Å². The Labute approximate surface area is 194 Å². The quantitative estimate of drug-likeness (QED) is 0.424. The maximum absolute atomic E-state index is 14.2. The minimum atomic E-state index is -4.85. The maximum atomic E-state index is 14.2. The summed E-state index contributed by atoms with van der Waals surface area (Å²) in [5, 5.41) is 29.1. The van der Waals surface area contributed by atoms with E-state index in [9.17, 15) is 32.6 Å². The molecule has 7 nitrogen and oxygen atoms in total. The Morgan fingerprint density at radius 1 is 1.26 bits per heavy atom. The summed E-state index contributed by atoms with van der Waals surface area (Å²) in [6.45, 7) is 3.94. The molecule has 188 valence electrons. The molecule has 1 aliphatic carbocycles. The van der Waals surface area contributed by atoms with Crippen molar-refractivity contribution in [1.29, 1.82) is 0 Å². The Kier molecular flexibility index (Phi) is 7.99. The predicted molar refractivity (Wildman–Crippen MR) is 115 cm³/mol. The summed E-state index contributed by atoms with van der Waals surface area (Å²) in [6, 6.07) is 2.12. The predicted octanol–water partition coefficient (Wildman–Crippen LogP) is 3.64. The third-order valence-corrected chi connectivity index (χ3v) is 5.86. The van der Waals surface area contributed by atoms with Gasteiger partial charge < -0.3 is 25.4 Å². The number of hydrogen-bond donors (Lipinski definition) is 4. The molecule has 1 heterocycles. The Bertz CT molecular complexity index is 1010. The van der Waals surface area contributed by atoms with Gasteiger partial charge in [-0.15, -0.1) is 0 Å². The van der Waals surface area contributed by atoms with Gasteiger partial charge in [0.1, 0.15) is 5.82 Å². The van der Waals surface area contributed by atoms with Crippen molar-refractivity contribution in [2.75, 3.05) is 13.2 Å². The second-order valence-electron chi connectivity index (χ2n) is 9.45. The van der Waals surface area contributed by atoms with Gasteiger partial charge in [0, 0.05) is 42.3 Å². The maximum Gasteiger partial charge on any atom is 0.419 e. The standard InChI is InChI=1S/C23H29F4N3O4/c1-22(2,12-31)11-28-10-16-19(21(33)29-14-4-3-5-15(32)9-14)30-34-20(16)13-6-7-17(18(24)8-13)23(25,26)27/h6-8,14-15,28,31-32H,3-5,9-12H2,1-2H3,(H,29,33)/t14-,15+/m0/s1. The number of rotatable bonds is 8. The van der Waals surface area contributed by atoms with Gasteiger partial charge in [-0.25, -0.2) is 4.39 Å². The van der Waals surface area contributed by atoms with Crippen LogP contribution < -0.4 is 10.6 Å². The number of aliphatic hydroxyl groups excluding tert-OH is 2. The fourth-order valence-corrected chi connectivity index (χ4v) is 3.90. The van der Waals surface area contributed by atoms with Crippen LogP contribution in [0.2, 0.25) is 0 Å². The molecule has 1 aromatic carbocycles. The first kappa shape index (κ1) is 26.1. The molecule has 1 aromatic heterocycles. The Balaban J connectivity index is 1.90. The number of aliphatic hydroxyl groups is 2. The lowest BCUT2D eigenvalue weighted by Gasteiger charge is -2.26. The van der Waals surface area contributed by atoms with E-state index in [2.05, 4.69) is 15.8 Å². The number of benzene rings is 1. The summed E-state index contributed by atoms with van der Waals surface area (Å²) in [7, 11) is 0. The van der Waals surface area contributed by atoms with Gasteiger partial charge in [-0.2, -0.15) is 13.2 Å². The summed E-state index contributed by atoms with van der Waals surface area (Å²) >= 11 is 0. The highest BCUT2D eigenvalue weighted by Crippen LogP contribution is 2.35. The zero-order chi connectivity index (χ0) is 25.1. The lowest BCUT2D eigenvalue weighted by Crippen LogP contribution is -2.40. The van der Waals surface area contributed by atoms with Gasteiger partial charge in [0.2, 0.25) is 0 Å². The molecular formula is C23H29F4N3O4. The molecule has 1 aliphatic rings. The number of carbonyl (C=O) groups is 1. The van der Waals surface area contributed by atoms with Gasteiger partial charge in [0.05, 0.1) is 11.7 Å². The third kappa shape index (κ3) is 6.34. The zero-order valence-corrected chi connectivity index (χ0v) is 19.0. The molecule has 1 amide bonds. The minimum Gasteiger partial charge on any atom is -0.396 e. The summed E-state index contributed by atoms with van der Waals surface area (Å²) in [5.41, 5.74) is -1.71. The first-order valence-corrected chi connectivity index (χ1v) is 11.1. The van der Waals surface area contributed by atoms with Crippen LogP contribution in [-0.2, 0) is 12.7 Å². The number of amides is 1. The number of aromatic nitrogens is 1. The SMILES string of the molecule is CC(C)(CO)CNCc1c(C(=O)N[C@H]2CCC[C@@H](O)C2)noc1-c1ccc(C(F)(F)F)c(F)c1. The van der Waals surface area contributed by atoms with Crippen molar-refractivity contribution in [2.24, 2.45) is 5.41 Å².